The van der Waals surface area contributed by atoms with E-state index < -0.39 is 20.0 Å². The normalized spacial score (nSPS) is 20.6. The van der Waals surface area contributed by atoms with Crippen LogP contribution in [0.1, 0.15) is 49.7 Å². The maximum absolute atomic E-state index is 13.4. The first-order valence-electron chi connectivity index (χ1n) is 12.4. The van der Waals surface area contributed by atoms with Crippen LogP contribution in [-0.4, -0.2) is 68.0 Å². The maximum atomic E-state index is 13.4. The van der Waals surface area contributed by atoms with Crippen molar-refractivity contribution in [2.45, 2.75) is 69.4 Å². The highest BCUT2D eigenvalue weighted by atomic mass is 35.5. The van der Waals surface area contributed by atoms with Crippen LogP contribution < -0.4 is 4.74 Å². The summed E-state index contributed by atoms with van der Waals surface area (Å²) in [5.41, 5.74) is 1.34. The van der Waals surface area contributed by atoms with E-state index in [0.717, 1.165) is 24.2 Å². The van der Waals surface area contributed by atoms with E-state index >= 15 is 0 Å². The van der Waals surface area contributed by atoms with Crippen LogP contribution in [0.25, 0.3) is 0 Å². The average molecular weight is 556 g/mol. The summed E-state index contributed by atoms with van der Waals surface area (Å²) in [6.45, 7) is 4.85. The number of hydrogen-bond donors (Lipinski definition) is 0. The third-order valence-corrected chi connectivity index (χ3v) is 11.5. The number of aromatic nitrogens is 1. The molecule has 2 saturated heterocycles. The molecular formula is C25H34ClN3O5S2. The number of nitrogens with zero attached hydrogens (tertiary/aromatic N) is 3. The summed E-state index contributed by atoms with van der Waals surface area (Å²) in [6.07, 6.45) is 7.04. The largest absolute Gasteiger partial charge is 0.490 e. The minimum Gasteiger partial charge on any atom is -0.490 e. The van der Waals surface area contributed by atoms with Gasteiger partial charge >= 0.3 is 0 Å². The number of piperidine rings is 1. The van der Waals surface area contributed by atoms with E-state index in [1.54, 1.807) is 59.1 Å². The first-order chi connectivity index (χ1) is 17.1. The van der Waals surface area contributed by atoms with Crippen molar-refractivity contribution in [3.8, 4) is 5.75 Å². The van der Waals surface area contributed by atoms with E-state index in [1.165, 1.54) is 0 Å². The average Bonchev–Trinajstić information content (AvgIpc) is 3.32. The van der Waals surface area contributed by atoms with Gasteiger partial charge in [-0.25, -0.2) is 21.1 Å². The van der Waals surface area contributed by atoms with E-state index in [1.807, 2.05) is 0 Å². The molecule has 36 heavy (non-hydrogen) atoms. The fourth-order valence-corrected chi connectivity index (χ4v) is 8.83. The van der Waals surface area contributed by atoms with Crippen LogP contribution in [0, 0.1) is 13.8 Å². The number of hydrogen-bond acceptors (Lipinski definition) is 6. The fraction of sp³-hybridized carbons (Fsp3) is 0.560. The van der Waals surface area contributed by atoms with Gasteiger partial charge in [0.25, 0.3) is 0 Å². The quantitative estimate of drug-likeness (QED) is 0.461. The van der Waals surface area contributed by atoms with Crippen LogP contribution >= 0.6 is 11.6 Å². The number of benzene rings is 1. The number of ether oxygens (including phenoxy) is 1. The molecule has 1 aromatic heterocycles. The highest BCUT2D eigenvalue weighted by Crippen LogP contribution is 2.32. The van der Waals surface area contributed by atoms with Gasteiger partial charge in [-0.2, -0.15) is 4.31 Å². The van der Waals surface area contributed by atoms with Gasteiger partial charge in [0.1, 0.15) is 11.9 Å². The predicted octanol–water partition coefficient (Wildman–Crippen LogP) is 4.16. The molecule has 2 aliphatic rings. The lowest BCUT2D eigenvalue weighted by Crippen LogP contribution is -2.43. The van der Waals surface area contributed by atoms with Crippen molar-refractivity contribution in [3.63, 3.8) is 0 Å². The minimum atomic E-state index is -3.68. The van der Waals surface area contributed by atoms with Crippen molar-refractivity contribution in [1.29, 1.82) is 0 Å². The molecule has 1 aromatic carbocycles. The van der Waals surface area contributed by atoms with Crippen LogP contribution in [0.4, 0.5) is 0 Å². The molecule has 0 radical (unpaired) electrons. The summed E-state index contributed by atoms with van der Waals surface area (Å²) in [5.74, 6) is 0.762. The molecule has 2 aliphatic heterocycles. The monoisotopic (exact) mass is 555 g/mol. The van der Waals surface area contributed by atoms with Gasteiger partial charge in [0, 0.05) is 43.1 Å². The first kappa shape index (κ1) is 27.3. The zero-order valence-electron chi connectivity index (χ0n) is 20.8. The van der Waals surface area contributed by atoms with Gasteiger partial charge in [-0.15, -0.1) is 0 Å². The van der Waals surface area contributed by atoms with Gasteiger partial charge < -0.3 is 4.74 Å². The van der Waals surface area contributed by atoms with E-state index in [4.69, 9.17) is 16.3 Å². The van der Waals surface area contributed by atoms with Gasteiger partial charge in [0.15, 0.2) is 0 Å². The molecule has 8 nitrogen and oxygen atoms in total. The molecule has 0 aliphatic carbocycles. The van der Waals surface area contributed by atoms with E-state index in [0.29, 0.717) is 55.9 Å². The Balaban J connectivity index is 1.31. The van der Waals surface area contributed by atoms with Crippen LogP contribution in [0.15, 0.2) is 41.6 Å². The molecule has 0 amide bonds. The highest BCUT2D eigenvalue weighted by molar-refractivity contribution is 7.89. The summed E-state index contributed by atoms with van der Waals surface area (Å²) < 4.78 is 61.9. The molecule has 4 rings (SSSR count). The molecule has 0 unspecified atom stereocenters. The number of halogens is 1. The Hall–Kier alpha value is -1.72. The van der Waals surface area contributed by atoms with Crippen LogP contribution in [0.2, 0.25) is 5.02 Å². The molecule has 1 atom stereocenters. The van der Waals surface area contributed by atoms with Crippen molar-refractivity contribution in [1.82, 2.24) is 13.6 Å². The summed E-state index contributed by atoms with van der Waals surface area (Å²) >= 11 is 6.17. The summed E-state index contributed by atoms with van der Waals surface area (Å²) in [5, 5.41) is 0.544. The Morgan fingerprint density at radius 2 is 1.69 bits per heavy atom. The summed E-state index contributed by atoms with van der Waals surface area (Å²) in [4.78, 5) is 4.25. The van der Waals surface area contributed by atoms with Gasteiger partial charge in [0.05, 0.1) is 10.6 Å². The standard InChI is InChI=1S/C25H34ClN3O5S2/c1-19-18-25(20(2)17-24(19)26)36(32,33)29-13-3-5-21(29)6-4-16-35(30,31)28-14-9-23(10-15-28)34-22-7-11-27-12-8-22/h7-8,11-12,17-18,21,23H,3-6,9-10,13-16H2,1-2H3/t21-/m0/s1. The van der Waals surface area contributed by atoms with Gasteiger partial charge in [0.2, 0.25) is 20.0 Å². The van der Waals surface area contributed by atoms with Gasteiger partial charge in [-0.3, -0.25) is 4.98 Å². The summed E-state index contributed by atoms with van der Waals surface area (Å²) in [7, 11) is -7.09. The van der Waals surface area contributed by atoms with E-state index in [9.17, 15) is 16.8 Å². The second-order valence-electron chi connectivity index (χ2n) is 9.64. The topological polar surface area (TPSA) is 96.9 Å². The number of rotatable bonds is 9. The number of pyridine rings is 1. The smallest absolute Gasteiger partial charge is 0.243 e. The van der Waals surface area contributed by atoms with Crippen molar-refractivity contribution in [2.75, 3.05) is 25.4 Å². The predicted molar refractivity (Wildman–Crippen MR) is 140 cm³/mol. The van der Waals surface area contributed by atoms with E-state index in [-0.39, 0.29) is 22.8 Å². The van der Waals surface area contributed by atoms with Crippen LogP contribution in [0.3, 0.4) is 0 Å². The molecule has 3 heterocycles. The zero-order valence-corrected chi connectivity index (χ0v) is 23.2. The highest BCUT2D eigenvalue weighted by Gasteiger charge is 2.36. The molecule has 198 valence electrons. The Kier molecular flexibility index (Phi) is 8.61. The van der Waals surface area contributed by atoms with Crippen molar-refractivity contribution in [2.24, 2.45) is 0 Å². The molecular weight excluding hydrogens is 522 g/mol. The molecule has 2 fully saturated rings. The first-order valence-corrected chi connectivity index (χ1v) is 15.8. The maximum Gasteiger partial charge on any atom is 0.243 e. The fourth-order valence-electron chi connectivity index (χ4n) is 5.04. The lowest BCUT2D eigenvalue weighted by atomic mass is 10.1. The second kappa shape index (κ2) is 11.3. The molecule has 0 spiro atoms. The molecule has 2 aromatic rings. The van der Waals surface area contributed by atoms with Crippen molar-refractivity contribution in [3.05, 3.63) is 52.8 Å². The number of aryl methyl sites for hydroxylation is 2. The lowest BCUT2D eigenvalue weighted by molar-refractivity contribution is 0.135. The zero-order chi connectivity index (χ0) is 25.9. The lowest BCUT2D eigenvalue weighted by Gasteiger charge is -2.31. The molecule has 11 heteroatoms. The Labute approximate surface area is 219 Å². The Bertz CT molecular complexity index is 1260. The Morgan fingerprint density at radius 1 is 1.00 bits per heavy atom. The second-order valence-corrected chi connectivity index (χ2v) is 14.0. The van der Waals surface area contributed by atoms with Crippen LogP contribution in [0.5, 0.6) is 5.75 Å². The molecule has 0 bridgehead atoms. The number of sulfonamides is 2. The van der Waals surface area contributed by atoms with Gasteiger partial charge in [-0.1, -0.05) is 11.6 Å². The Morgan fingerprint density at radius 3 is 2.39 bits per heavy atom. The van der Waals surface area contributed by atoms with Crippen LogP contribution in [-0.2, 0) is 20.0 Å². The van der Waals surface area contributed by atoms with Crippen molar-refractivity contribution < 1.29 is 21.6 Å². The van der Waals surface area contributed by atoms with E-state index in [2.05, 4.69) is 4.98 Å². The van der Waals surface area contributed by atoms with Crippen molar-refractivity contribution >= 4 is 31.6 Å². The SMILES string of the molecule is Cc1cc(S(=O)(=O)N2CCC[C@H]2CCCS(=O)(=O)N2CCC(Oc3ccncc3)CC2)c(C)cc1Cl. The molecule has 0 N–H and O–H groups in total. The summed E-state index contributed by atoms with van der Waals surface area (Å²) in [6, 6.07) is 6.72. The third kappa shape index (κ3) is 6.22. The molecule has 0 saturated carbocycles. The van der Waals surface area contributed by atoms with Gasteiger partial charge in [-0.05, 0) is 87.8 Å². The minimum absolute atomic E-state index is 0.0175. The third-order valence-electron chi connectivity index (χ3n) is 7.05.